The fourth-order valence-electron chi connectivity index (χ4n) is 1.94. The van der Waals surface area contributed by atoms with Gasteiger partial charge in [-0.1, -0.05) is 27.7 Å². The van der Waals surface area contributed by atoms with Gasteiger partial charge in [0.25, 0.3) is 0 Å². The Morgan fingerprint density at radius 1 is 0.905 bits per heavy atom. The predicted molar refractivity (Wildman–Crippen MR) is 83.2 cm³/mol. The van der Waals surface area contributed by atoms with Crippen molar-refractivity contribution in [2.45, 2.75) is 53.1 Å². The molecule has 2 unspecified atom stereocenters. The standard InChI is InChI=1S/C16H34O5/c1-5-15(4,10-18)11-21-13-16(6-2,7-3)12-20-9-14(19)8-17/h14,17-19H,5-13H2,1-4H3. The van der Waals surface area contributed by atoms with Crippen molar-refractivity contribution in [3.63, 3.8) is 0 Å². The van der Waals surface area contributed by atoms with Crippen LogP contribution in [0.4, 0.5) is 0 Å². The van der Waals surface area contributed by atoms with Crippen molar-refractivity contribution in [1.82, 2.24) is 0 Å². The van der Waals surface area contributed by atoms with Gasteiger partial charge in [-0.15, -0.1) is 0 Å². The molecule has 0 saturated carbocycles. The van der Waals surface area contributed by atoms with Crippen molar-refractivity contribution in [2.75, 3.05) is 39.6 Å². The van der Waals surface area contributed by atoms with E-state index in [1.54, 1.807) is 0 Å². The van der Waals surface area contributed by atoms with Crippen molar-refractivity contribution in [2.24, 2.45) is 10.8 Å². The van der Waals surface area contributed by atoms with E-state index in [1.165, 1.54) is 0 Å². The van der Waals surface area contributed by atoms with Crippen molar-refractivity contribution < 1.29 is 24.8 Å². The number of hydrogen-bond donors (Lipinski definition) is 3. The zero-order chi connectivity index (χ0) is 16.4. The Balaban J connectivity index is 4.32. The summed E-state index contributed by atoms with van der Waals surface area (Å²) in [5.41, 5.74) is -0.277. The summed E-state index contributed by atoms with van der Waals surface area (Å²) >= 11 is 0. The summed E-state index contributed by atoms with van der Waals surface area (Å²) in [6.45, 7) is 9.84. The van der Waals surface area contributed by atoms with E-state index in [2.05, 4.69) is 13.8 Å². The molecule has 2 atom stereocenters. The van der Waals surface area contributed by atoms with Gasteiger partial charge in [-0.05, 0) is 19.3 Å². The summed E-state index contributed by atoms with van der Waals surface area (Å²) in [4.78, 5) is 0. The minimum absolute atomic E-state index is 0.0840. The van der Waals surface area contributed by atoms with E-state index in [9.17, 15) is 10.2 Å². The zero-order valence-electron chi connectivity index (χ0n) is 14.1. The number of aliphatic hydroxyl groups is 3. The van der Waals surface area contributed by atoms with Gasteiger partial charge in [-0.3, -0.25) is 0 Å². The minimum atomic E-state index is -0.824. The van der Waals surface area contributed by atoms with E-state index >= 15 is 0 Å². The molecule has 0 spiro atoms. The van der Waals surface area contributed by atoms with Crippen LogP contribution in [0.25, 0.3) is 0 Å². The van der Waals surface area contributed by atoms with Crippen molar-refractivity contribution in [1.29, 1.82) is 0 Å². The van der Waals surface area contributed by atoms with Gasteiger partial charge in [0.1, 0.15) is 6.10 Å². The number of aliphatic hydroxyl groups excluding tert-OH is 3. The van der Waals surface area contributed by atoms with Crippen LogP contribution in [0.1, 0.15) is 47.0 Å². The van der Waals surface area contributed by atoms with Gasteiger partial charge in [0.2, 0.25) is 0 Å². The zero-order valence-corrected chi connectivity index (χ0v) is 14.1. The number of rotatable bonds is 13. The lowest BCUT2D eigenvalue weighted by Gasteiger charge is -2.33. The minimum Gasteiger partial charge on any atom is -0.396 e. The first kappa shape index (κ1) is 20.8. The number of hydrogen-bond acceptors (Lipinski definition) is 5. The van der Waals surface area contributed by atoms with Crippen molar-refractivity contribution >= 4 is 0 Å². The molecule has 0 aromatic heterocycles. The Kier molecular flexibility index (Phi) is 10.4. The van der Waals surface area contributed by atoms with Gasteiger partial charge in [0, 0.05) is 10.8 Å². The summed E-state index contributed by atoms with van der Waals surface area (Å²) in [6, 6.07) is 0. The maximum Gasteiger partial charge on any atom is 0.100 e. The summed E-state index contributed by atoms with van der Waals surface area (Å²) < 4.78 is 11.4. The summed E-state index contributed by atoms with van der Waals surface area (Å²) in [7, 11) is 0. The van der Waals surface area contributed by atoms with Crippen LogP contribution in [0.3, 0.4) is 0 Å². The summed E-state index contributed by atoms with van der Waals surface area (Å²) in [5, 5.41) is 27.5. The third kappa shape index (κ3) is 7.56. The smallest absolute Gasteiger partial charge is 0.100 e. The molecule has 21 heavy (non-hydrogen) atoms. The fraction of sp³-hybridized carbons (Fsp3) is 1.00. The Morgan fingerprint density at radius 2 is 1.48 bits per heavy atom. The third-order valence-electron chi connectivity index (χ3n) is 4.52. The average molecular weight is 306 g/mol. The molecule has 0 bridgehead atoms. The highest BCUT2D eigenvalue weighted by molar-refractivity contribution is 4.78. The Labute approximate surface area is 129 Å². The van der Waals surface area contributed by atoms with Crippen LogP contribution in [-0.4, -0.2) is 61.1 Å². The van der Waals surface area contributed by atoms with Gasteiger partial charge in [0.15, 0.2) is 0 Å². The summed E-state index contributed by atoms with van der Waals surface area (Å²) in [6.07, 6.45) is 1.88. The van der Waals surface area contributed by atoms with E-state index in [4.69, 9.17) is 14.6 Å². The molecule has 0 aromatic rings. The monoisotopic (exact) mass is 306 g/mol. The predicted octanol–water partition coefficient (Wildman–Crippen LogP) is 1.59. The first-order valence-electron chi connectivity index (χ1n) is 7.96. The molecule has 0 rings (SSSR count). The molecule has 0 aliphatic rings. The summed E-state index contributed by atoms with van der Waals surface area (Å²) in [5.74, 6) is 0. The molecule has 0 aliphatic carbocycles. The molecule has 0 radical (unpaired) electrons. The van der Waals surface area contributed by atoms with Gasteiger partial charge < -0.3 is 24.8 Å². The maximum atomic E-state index is 9.40. The van der Waals surface area contributed by atoms with Gasteiger partial charge >= 0.3 is 0 Å². The first-order valence-corrected chi connectivity index (χ1v) is 7.96. The second-order valence-electron chi connectivity index (χ2n) is 6.37. The van der Waals surface area contributed by atoms with E-state index < -0.39 is 6.10 Å². The van der Waals surface area contributed by atoms with E-state index in [0.29, 0.717) is 19.8 Å². The molecule has 0 amide bonds. The lowest BCUT2D eigenvalue weighted by molar-refractivity contribution is -0.0731. The van der Waals surface area contributed by atoms with Gasteiger partial charge in [-0.25, -0.2) is 0 Å². The molecule has 3 N–H and O–H groups in total. The van der Waals surface area contributed by atoms with Crippen LogP contribution in [0.5, 0.6) is 0 Å². The molecule has 5 heteroatoms. The first-order chi connectivity index (χ1) is 9.90. The average Bonchev–Trinajstić information content (AvgIpc) is 2.52. The molecular formula is C16H34O5. The van der Waals surface area contributed by atoms with Gasteiger partial charge in [-0.2, -0.15) is 0 Å². The normalized spacial score (nSPS) is 16.7. The van der Waals surface area contributed by atoms with E-state index in [-0.39, 0.29) is 30.7 Å². The van der Waals surface area contributed by atoms with E-state index in [0.717, 1.165) is 19.3 Å². The highest BCUT2D eigenvalue weighted by Gasteiger charge is 2.29. The Hall–Kier alpha value is -0.200. The van der Waals surface area contributed by atoms with Crippen LogP contribution in [0.15, 0.2) is 0 Å². The molecular weight excluding hydrogens is 272 g/mol. The molecule has 128 valence electrons. The second-order valence-corrected chi connectivity index (χ2v) is 6.37. The topological polar surface area (TPSA) is 79.2 Å². The number of ether oxygens (including phenoxy) is 2. The molecule has 5 nitrogen and oxygen atoms in total. The molecule has 0 heterocycles. The Bertz CT molecular complexity index is 249. The SMILES string of the molecule is CCC(C)(CO)COCC(CC)(CC)COCC(O)CO. The van der Waals surface area contributed by atoms with Crippen LogP contribution in [0, 0.1) is 10.8 Å². The highest BCUT2D eigenvalue weighted by Crippen LogP contribution is 2.29. The van der Waals surface area contributed by atoms with Crippen LogP contribution >= 0.6 is 0 Å². The lowest BCUT2D eigenvalue weighted by Crippen LogP contribution is -2.35. The van der Waals surface area contributed by atoms with Crippen molar-refractivity contribution in [3.8, 4) is 0 Å². The second kappa shape index (κ2) is 10.5. The van der Waals surface area contributed by atoms with Crippen LogP contribution < -0.4 is 0 Å². The van der Waals surface area contributed by atoms with Crippen LogP contribution in [0.2, 0.25) is 0 Å². The van der Waals surface area contributed by atoms with Crippen molar-refractivity contribution in [3.05, 3.63) is 0 Å². The largest absolute Gasteiger partial charge is 0.396 e. The third-order valence-corrected chi connectivity index (χ3v) is 4.52. The molecule has 0 aliphatic heterocycles. The van der Waals surface area contributed by atoms with Gasteiger partial charge in [0.05, 0.1) is 39.6 Å². The lowest BCUT2D eigenvalue weighted by atomic mass is 9.84. The van der Waals surface area contributed by atoms with Crippen LogP contribution in [-0.2, 0) is 9.47 Å². The Morgan fingerprint density at radius 3 is 1.90 bits per heavy atom. The maximum absolute atomic E-state index is 9.40. The quantitative estimate of drug-likeness (QED) is 0.481. The molecule has 0 fully saturated rings. The fourth-order valence-corrected chi connectivity index (χ4v) is 1.94. The highest BCUT2D eigenvalue weighted by atomic mass is 16.5. The van der Waals surface area contributed by atoms with E-state index in [1.807, 2.05) is 13.8 Å². The molecule has 0 saturated heterocycles. The molecule has 0 aromatic carbocycles.